The molecule has 0 aliphatic carbocycles. The number of benzene rings is 1. The Hall–Kier alpha value is -2.46. The van der Waals surface area contributed by atoms with Gasteiger partial charge in [-0.15, -0.1) is 0 Å². The lowest BCUT2D eigenvalue weighted by molar-refractivity contribution is -0.137. The Morgan fingerprint density at radius 2 is 1.91 bits per heavy atom. The van der Waals surface area contributed by atoms with Crippen molar-refractivity contribution in [2.24, 2.45) is 0 Å². The molecule has 0 amide bonds. The second-order valence-corrected chi connectivity index (χ2v) is 5.11. The fourth-order valence-electron chi connectivity index (χ4n) is 2.32. The predicted molar refractivity (Wildman–Crippen MR) is 85.3 cm³/mol. The Bertz CT molecular complexity index is 708. The average molecular weight is 297 g/mol. The number of esters is 1. The molecule has 1 N–H and O–H groups in total. The molecule has 0 radical (unpaired) electrons. The first kappa shape index (κ1) is 15.9. The summed E-state index contributed by atoms with van der Waals surface area (Å²) < 4.78 is 4.60. The maximum absolute atomic E-state index is 11.5. The van der Waals surface area contributed by atoms with Crippen LogP contribution in [0.2, 0.25) is 0 Å². The molecule has 114 valence electrons. The topological polar surface area (TPSA) is 59.4 Å². The monoisotopic (exact) mass is 297 g/mol. The van der Waals surface area contributed by atoms with Gasteiger partial charge in [-0.05, 0) is 25.5 Å². The summed E-state index contributed by atoms with van der Waals surface area (Å²) in [4.78, 5) is 16.1. The van der Waals surface area contributed by atoms with Crippen molar-refractivity contribution >= 4 is 5.97 Å². The van der Waals surface area contributed by atoms with E-state index in [9.17, 15) is 9.90 Å². The van der Waals surface area contributed by atoms with Gasteiger partial charge >= 0.3 is 5.97 Å². The highest BCUT2D eigenvalue weighted by Crippen LogP contribution is 2.29. The number of aliphatic hydroxyl groups is 1. The average Bonchev–Trinajstić information content (AvgIpc) is 2.55. The van der Waals surface area contributed by atoms with Crippen LogP contribution in [-0.4, -0.2) is 23.2 Å². The minimum absolute atomic E-state index is 0.000684. The summed E-state index contributed by atoms with van der Waals surface area (Å²) in [7, 11) is 1.26. The second-order valence-electron chi connectivity index (χ2n) is 5.11. The normalized spacial score (nSPS) is 11.8. The van der Waals surface area contributed by atoms with E-state index < -0.39 is 12.1 Å². The fraction of sp³-hybridized carbons (Fsp3) is 0.222. The van der Waals surface area contributed by atoms with E-state index in [0.717, 1.165) is 16.8 Å². The van der Waals surface area contributed by atoms with Gasteiger partial charge in [0.25, 0.3) is 0 Å². The van der Waals surface area contributed by atoms with Gasteiger partial charge in [-0.25, -0.2) is 4.79 Å². The van der Waals surface area contributed by atoms with E-state index in [1.54, 1.807) is 6.92 Å². The van der Waals surface area contributed by atoms with Gasteiger partial charge in [0.05, 0.1) is 18.4 Å². The lowest BCUT2D eigenvalue weighted by Gasteiger charge is -2.17. The zero-order valence-electron chi connectivity index (χ0n) is 13.0. The number of hydrogen-bond donors (Lipinski definition) is 1. The van der Waals surface area contributed by atoms with Crippen molar-refractivity contribution < 1.29 is 14.6 Å². The summed E-state index contributed by atoms with van der Waals surface area (Å²) in [6.07, 6.45) is -1.12. The number of pyridine rings is 1. The van der Waals surface area contributed by atoms with E-state index in [1.807, 2.05) is 43.3 Å². The van der Waals surface area contributed by atoms with E-state index in [4.69, 9.17) is 0 Å². The number of nitrogens with zero attached hydrogens (tertiary/aromatic N) is 1. The first-order chi connectivity index (χ1) is 10.5. The molecule has 0 fully saturated rings. The minimum atomic E-state index is -1.12. The first-order valence-electron chi connectivity index (χ1n) is 6.94. The van der Waals surface area contributed by atoms with Gasteiger partial charge < -0.3 is 9.84 Å². The standard InChI is InChI=1S/C18H19NO3/c1-11-10-15(17(20)12(2)18(21)22-4)13(3)19-16(11)14-8-6-5-7-9-14/h5-10,17,20H,2H2,1,3-4H3. The number of rotatable bonds is 4. The highest BCUT2D eigenvalue weighted by molar-refractivity contribution is 5.89. The number of aliphatic hydroxyl groups excluding tert-OH is 1. The summed E-state index contributed by atoms with van der Waals surface area (Å²) in [5.74, 6) is -0.628. The van der Waals surface area contributed by atoms with Crippen LogP contribution in [-0.2, 0) is 9.53 Å². The van der Waals surface area contributed by atoms with Crippen LogP contribution in [0.4, 0.5) is 0 Å². The molecule has 1 atom stereocenters. The Morgan fingerprint density at radius 3 is 2.50 bits per heavy atom. The third kappa shape index (κ3) is 3.07. The molecule has 0 saturated carbocycles. The molecule has 0 saturated heterocycles. The van der Waals surface area contributed by atoms with Crippen LogP contribution in [0.1, 0.15) is 22.9 Å². The van der Waals surface area contributed by atoms with Crippen LogP contribution >= 0.6 is 0 Å². The molecule has 0 aliphatic heterocycles. The Labute approximate surface area is 130 Å². The van der Waals surface area contributed by atoms with Gasteiger partial charge in [0.15, 0.2) is 0 Å². The van der Waals surface area contributed by atoms with E-state index in [2.05, 4.69) is 16.3 Å². The molecular formula is C18H19NO3. The van der Waals surface area contributed by atoms with Crippen molar-refractivity contribution in [3.63, 3.8) is 0 Å². The first-order valence-corrected chi connectivity index (χ1v) is 6.94. The zero-order valence-corrected chi connectivity index (χ0v) is 13.0. The summed E-state index contributed by atoms with van der Waals surface area (Å²) in [5, 5.41) is 10.3. The molecule has 0 aliphatic rings. The SMILES string of the molecule is C=C(C(=O)OC)C(O)c1cc(C)c(-c2ccccc2)nc1C. The maximum Gasteiger partial charge on any atom is 0.336 e. The number of carbonyl (C=O) groups is 1. The van der Waals surface area contributed by atoms with Crippen molar-refractivity contribution in [3.05, 3.63) is 65.4 Å². The number of carbonyl (C=O) groups excluding carboxylic acids is 1. The van der Waals surface area contributed by atoms with Crippen LogP contribution in [0.25, 0.3) is 11.3 Å². The van der Waals surface area contributed by atoms with Crippen molar-refractivity contribution in [1.29, 1.82) is 0 Å². The third-order valence-corrected chi connectivity index (χ3v) is 3.56. The van der Waals surface area contributed by atoms with Crippen LogP contribution < -0.4 is 0 Å². The molecule has 0 spiro atoms. The molecule has 4 heteroatoms. The van der Waals surface area contributed by atoms with Crippen molar-refractivity contribution in [2.45, 2.75) is 20.0 Å². The molecule has 22 heavy (non-hydrogen) atoms. The number of methoxy groups -OCH3 is 1. The van der Waals surface area contributed by atoms with E-state index in [1.165, 1.54) is 7.11 Å². The highest BCUT2D eigenvalue weighted by atomic mass is 16.5. The lowest BCUT2D eigenvalue weighted by Crippen LogP contribution is -2.14. The van der Waals surface area contributed by atoms with Crippen LogP contribution in [0, 0.1) is 13.8 Å². The van der Waals surface area contributed by atoms with Crippen molar-refractivity contribution in [3.8, 4) is 11.3 Å². The van der Waals surface area contributed by atoms with Crippen LogP contribution in [0.3, 0.4) is 0 Å². The quantitative estimate of drug-likeness (QED) is 0.696. The van der Waals surface area contributed by atoms with E-state index in [0.29, 0.717) is 11.3 Å². The second kappa shape index (κ2) is 6.54. The van der Waals surface area contributed by atoms with Gasteiger partial charge in [0.1, 0.15) is 6.10 Å². The number of hydrogen-bond acceptors (Lipinski definition) is 4. The molecule has 1 heterocycles. The highest BCUT2D eigenvalue weighted by Gasteiger charge is 2.22. The molecule has 2 aromatic rings. The molecule has 0 bridgehead atoms. The number of aromatic nitrogens is 1. The summed E-state index contributed by atoms with van der Waals surface area (Å²) in [6.45, 7) is 7.32. The molecule has 1 unspecified atom stereocenters. The van der Waals surface area contributed by atoms with Gasteiger partial charge in [-0.1, -0.05) is 36.9 Å². The van der Waals surface area contributed by atoms with Gasteiger partial charge in [0.2, 0.25) is 0 Å². The number of aryl methyl sites for hydroxylation is 2. The fourth-order valence-corrected chi connectivity index (χ4v) is 2.32. The predicted octanol–water partition coefficient (Wildman–Crippen LogP) is 3.13. The molecule has 1 aromatic carbocycles. The largest absolute Gasteiger partial charge is 0.466 e. The molecule has 2 rings (SSSR count). The lowest BCUT2D eigenvalue weighted by atomic mass is 9.97. The molecule has 1 aromatic heterocycles. The van der Waals surface area contributed by atoms with Crippen molar-refractivity contribution in [1.82, 2.24) is 4.98 Å². The summed E-state index contributed by atoms with van der Waals surface area (Å²) in [5.41, 5.74) is 4.01. The molecular weight excluding hydrogens is 278 g/mol. The minimum Gasteiger partial charge on any atom is -0.466 e. The summed E-state index contributed by atoms with van der Waals surface area (Å²) in [6, 6.07) is 11.7. The van der Waals surface area contributed by atoms with Crippen molar-refractivity contribution in [2.75, 3.05) is 7.11 Å². The zero-order chi connectivity index (χ0) is 16.3. The van der Waals surface area contributed by atoms with E-state index >= 15 is 0 Å². The molecule has 4 nitrogen and oxygen atoms in total. The van der Waals surface area contributed by atoms with E-state index in [-0.39, 0.29) is 5.57 Å². The number of ether oxygens (including phenoxy) is 1. The Balaban J connectivity index is 2.43. The Kier molecular flexibility index (Phi) is 4.73. The van der Waals surface area contributed by atoms with Gasteiger partial charge in [-0.3, -0.25) is 4.98 Å². The smallest absolute Gasteiger partial charge is 0.336 e. The maximum atomic E-state index is 11.5. The van der Waals surface area contributed by atoms with Crippen LogP contribution in [0.5, 0.6) is 0 Å². The Morgan fingerprint density at radius 1 is 1.27 bits per heavy atom. The van der Waals surface area contributed by atoms with Gasteiger partial charge in [0, 0.05) is 16.8 Å². The summed E-state index contributed by atoms with van der Waals surface area (Å²) >= 11 is 0. The van der Waals surface area contributed by atoms with Gasteiger partial charge in [-0.2, -0.15) is 0 Å². The third-order valence-electron chi connectivity index (χ3n) is 3.56. The van der Waals surface area contributed by atoms with Crippen LogP contribution in [0.15, 0.2) is 48.6 Å².